The Morgan fingerprint density at radius 3 is 2.95 bits per heavy atom. The average Bonchev–Trinajstić information content (AvgIpc) is 2.77. The first-order valence-electron chi connectivity index (χ1n) is 7.50. The van der Waals surface area contributed by atoms with Gasteiger partial charge in [0.15, 0.2) is 0 Å². The van der Waals surface area contributed by atoms with Crippen LogP contribution in [0.1, 0.15) is 31.9 Å². The van der Waals surface area contributed by atoms with Gasteiger partial charge in [0.1, 0.15) is 17.6 Å². The summed E-state index contributed by atoms with van der Waals surface area (Å²) in [7, 11) is 0. The van der Waals surface area contributed by atoms with Crippen LogP contribution in [-0.2, 0) is 17.8 Å². The number of benzene rings is 1. The highest BCUT2D eigenvalue weighted by Crippen LogP contribution is 2.35. The third-order valence-corrected chi connectivity index (χ3v) is 3.37. The highest BCUT2D eigenvalue weighted by Gasteiger charge is 2.21. The van der Waals surface area contributed by atoms with Gasteiger partial charge in [-0.1, -0.05) is 0 Å². The molecule has 0 saturated heterocycles. The lowest BCUT2D eigenvalue weighted by Crippen LogP contribution is -2.30. The van der Waals surface area contributed by atoms with Crippen molar-refractivity contribution < 1.29 is 14.3 Å². The average molecular weight is 292 g/mol. The first kappa shape index (κ1) is 15.6. The van der Waals surface area contributed by atoms with Gasteiger partial charge >= 0.3 is 0 Å². The molecule has 1 aliphatic rings. The SMILES string of the molecule is CCOc1cc2c(cc1CNCCNC(C)=O)OC(C)C2. The second-order valence-electron chi connectivity index (χ2n) is 5.29. The fraction of sp³-hybridized carbons (Fsp3) is 0.562. The monoisotopic (exact) mass is 292 g/mol. The molecular weight excluding hydrogens is 268 g/mol. The van der Waals surface area contributed by atoms with Crippen LogP contribution in [0, 0.1) is 0 Å². The summed E-state index contributed by atoms with van der Waals surface area (Å²) < 4.78 is 11.5. The van der Waals surface area contributed by atoms with Gasteiger partial charge in [0.05, 0.1) is 6.61 Å². The number of amides is 1. The van der Waals surface area contributed by atoms with Crippen LogP contribution in [0.15, 0.2) is 12.1 Å². The highest BCUT2D eigenvalue weighted by molar-refractivity contribution is 5.72. The maximum absolute atomic E-state index is 10.8. The van der Waals surface area contributed by atoms with Crippen LogP contribution in [0.3, 0.4) is 0 Å². The van der Waals surface area contributed by atoms with E-state index in [1.165, 1.54) is 12.5 Å². The van der Waals surface area contributed by atoms with Gasteiger partial charge in [-0.15, -0.1) is 0 Å². The van der Waals surface area contributed by atoms with Crippen molar-refractivity contribution in [3.63, 3.8) is 0 Å². The normalized spacial score (nSPS) is 16.2. The molecule has 2 rings (SSSR count). The summed E-state index contributed by atoms with van der Waals surface area (Å²) in [6.45, 7) is 8.27. The van der Waals surface area contributed by atoms with Gasteiger partial charge in [-0.05, 0) is 26.0 Å². The zero-order valence-electron chi connectivity index (χ0n) is 13.0. The highest BCUT2D eigenvalue weighted by atomic mass is 16.5. The Bertz CT molecular complexity index is 503. The lowest BCUT2D eigenvalue weighted by molar-refractivity contribution is -0.118. The molecule has 0 bridgehead atoms. The van der Waals surface area contributed by atoms with E-state index in [-0.39, 0.29) is 12.0 Å². The molecule has 2 N–H and O–H groups in total. The lowest BCUT2D eigenvalue weighted by atomic mass is 10.1. The Balaban J connectivity index is 1.97. The van der Waals surface area contributed by atoms with E-state index < -0.39 is 0 Å². The largest absolute Gasteiger partial charge is 0.494 e. The summed E-state index contributed by atoms with van der Waals surface area (Å²) in [6.07, 6.45) is 1.17. The second-order valence-corrected chi connectivity index (χ2v) is 5.29. The molecule has 21 heavy (non-hydrogen) atoms. The van der Waals surface area contributed by atoms with Crippen LogP contribution in [0.4, 0.5) is 0 Å². The summed E-state index contributed by atoms with van der Waals surface area (Å²) >= 11 is 0. The minimum Gasteiger partial charge on any atom is -0.494 e. The van der Waals surface area contributed by atoms with Crippen molar-refractivity contribution in [1.29, 1.82) is 0 Å². The number of fused-ring (bicyclic) bond motifs is 1. The third kappa shape index (κ3) is 4.36. The first-order chi connectivity index (χ1) is 10.1. The van der Waals surface area contributed by atoms with Gasteiger partial charge in [-0.2, -0.15) is 0 Å². The van der Waals surface area contributed by atoms with Gasteiger partial charge in [0.25, 0.3) is 0 Å². The lowest BCUT2D eigenvalue weighted by Gasteiger charge is -2.13. The van der Waals surface area contributed by atoms with Gasteiger partial charge in [0.2, 0.25) is 5.91 Å². The van der Waals surface area contributed by atoms with Gasteiger partial charge in [-0.3, -0.25) is 4.79 Å². The van der Waals surface area contributed by atoms with Crippen molar-refractivity contribution in [2.45, 2.75) is 39.8 Å². The molecule has 0 radical (unpaired) electrons. The molecule has 0 fully saturated rings. The van der Waals surface area contributed by atoms with Crippen LogP contribution < -0.4 is 20.1 Å². The smallest absolute Gasteiger partial charge is 0.216 e. The Morgan fingerprint density at radius 2 is 2.24 bits per heavy atom. The van der Waals surface area contributed by atoms with Crippen LogP contribution in [0.2, 0.25) is 0 Å². The van der Waals surface area contributed by atoms with Crippen LogP contribution >= 0.6 is 0 Å². The Hall–Kier alpha value is -1.75. The predicted octanol–water partition coefficient (Wildman–Crippen LogP) is 1.63. The zero-order chi connectivity index (χ0) is 15.2. The van der Waals surface area contributed by atoms with E-state index in [2.05, 4.69) is 29.7 Å². The van der Waals surface area contributed by atoms with E-state index >= 15 is 0 Å². The topological polar surface area (TPSA) is 59.6 Å². The zero-order valence-corrected chi connectivity index (χ0v) is 13.0. The molecule has 5 nitrogen and oxygen atoms in total. The Morgan fingerprint density at radius 1 is 1.43 bits per heavy atom. The number of carbonyl (C=O) groups excluding carboxylic acids is 1. The summed E-state index contributed by atoms with van der Waals surface area (Å²) in [5.41, 5.74) is 2.31. The second kappa shape index (κ2) is 7.31. The van der Waals surface area contributed by atoms with Crippen molar-refractivity contribution in [3.05, 3.63) is 23.3 Å². The molecule has 1 amide bonds. The summed E-state index contributed by atoms with van der Waals surface area (Å²) in [6, 6.07) is 4.16. The molecule has 0 aromatic heterocycles. The Labute approximate surface area is 126 Å². The van der Waals surface area contributed by atoms with Crippen LogP contribution in [0.5, 0.6) is 11.5 Å². The molecule has 1 aliphatic heterocycles. The first-order valence-corrected chi connectivity index (χ1v) is 7.50. The summed E-state index contributed by atoms with van der Waals surface area (Å²) in [4.78, 5) is 10.8. The summed E-state index contributed by atoms with van der Waals surface area (Å²) in [5.74, 6) is 1.87. The van der Waals surface area contributed by atoms with E-state index in [0.29, 0.717) is 19.7 Å². The Kier molecular flexibility index (Phi) is 5.44. The minimum absolute atomic E-state index is 0.00766. The molecule has 1 heterocycles. The van der Waals surface area contributed by atoms with Crippen molar-refractivity contribution in [3.8, 4) is 11.5 Å². The number of nitrogens with one attached hydrogen (secondary N) is 2. The quantitative estimate of drug-likeness (QED) is 0.750. The maximum atomic E-state index is 10.8. The van der Waals surface area contributed by atoms with Crippen LogP contribution in [-0.4, -0.2) is 31.7 Å². The van der Waals surface area contributed by atoms with E-state index in [4.69, 9.17) is 9.47 Å². The van der Waals surface area contributed by atoms with Gasteiger partial charge in [-0.25, -0.2) is 0 Å². The van der Waals surface area contributed by atoms with Crippen molar-refractivity contribution in [1.82, 2.24) is 10.6 Å². The molecular formula is C16H24N2O3. The van der Waals surface area contributed by atoms with Crippen molar-refractivity contribution in [2.24, 2.45) is 0 Å². The number of rotatable bonds is 7. The fourth-order valence-corrected chi connectivity index (χ4v) is 2.46. The molecule has 1 atom stereocenters. The van der Waals surface area contributed by atoms with E-state index in [9.17, 15) is 4.79 Å². The fourth-order valence-electron chi connectivity index (χ4n) is 2.46. The maximum Gasteiger partial charge on any atom is 0.216 e. The van der Waals surface area contributed by atoms with Crippen molar-refractivity contribution in [2.75, 3.05) is 19.7 Å². The summed E-state index contributed by atoms with van der Waals surface area (Å²) in [5, 5.41) is 6.07. The molecule has 0 aliphatic carbocycles. The van der Waals surface area contributed by atoms with Crippen molar-refractivity contribution >= 4 is 5.91 Å². The van der Waals surface area contributed by atoms with Gasteiger partial charge in [0, 0.05) is 44.1 Å². The number of carbonyl (C=O) groups is 1. The predicted molar refractivity (Wildman–Crippen MR) is 81.8 cm³/mol. The third-order valence-electron chi connectivity index (χ3n) is 3.37. The standard InChI is InChI=1S/C16H24N2O3/c1-4-20-15-8-13-7-11(2)21-16(13)9-14(15)10-17-5-6-18-12(3)19/h8-9,11,17H,4-7,10H2,1-3H3,(H,18,19). The molecule has 0 spiro atoms. The molecule has 1 aromatic carbocycles. The molecule has 0 saturated carbocycles. The number of hydrogen-bond donors (Lipinski definition) is 2. The molecule has 5 heteroatoms. The van der Waals surface area contributed by atoms with E-state index in [0.717, 1.165) is 30.0 Å². The number of ether oxygens (including phenoxy) is 2. The van der Waals surface area contributed by atoms with E-state index in [1.807, 2.05) is 6.92 Å². The molecule has 116 valence electrons. The molecule has 1 aromatic rings. The van der Waals surface area contributed by atoms with Crippen LogP contribution in [0.25, 0.3) is 0 Å². The van der Waals surface area contributed by atoms with Gasteiger partial charge < -0.3 is 20.1 Å². The molecule has 1 unspecified atom stereocenters. The minimum atomic E-state index is -0.00766. The van der Waals surface area contributed by atoms with E-state index in [1.54, 1.807) is 0 Å². The number of hydrogen-bond acceptors (Lipinski definition) is 4.